The summed E-state index contributed by atoms with van der Waals surface area (Å²) in [6, 6.07) is -2.22. The molecule has 0 aromatic rings. The van der Waals surface area contributed by atoms with Crippen LogP contribution < -0.4 is 4.72 Å². The molecule has 0 aliphatic heterocycles. The van der Waals surface area contributed by atoms with Crippen LogP contribution in [0.3, 0.4) is 0 Å². The average Bonchev–Trinajstić information content (AvgIpc) is 2.29. The lowest BCUT2D eigenvalue weighted by atomic mass is 9.81. The molecule has 0 bridgehead atoms. The molecule has 1 N–H and O–H groups in total. The van der Waals surface area contributed by atoms with Gasteiger partial charge in [0.1, 0.15) is 6.04 Å². The third-order valence-corrected chi connectivity index (χ3v) is 4.55. The summed E-state index contributed by atoms with van der Waals surface area (Å²) < 4.78 is 58.6. The quantitative estimate of drug-likeness (QED) is 0.738. The maximum Gasteiger partial charge on any atom is 0.405 e. The van der Waals surface area contributed by atoms with Crippen LogP contribution in [0.4, 0.5) is 13.2 Å². The normalized spacial score (nSPS) is 17.5. The van der Waals surface area contributed by atoms with Crippen molar-refractivity contribution in [3.05, 3.63) is 0 Å². The van der Waals surface area contributed by atoms with Gasteiger partial charge in [-0.15, -0.1) is 0 Å². The molecule has 0 aliphatic rings. The highest BCUT2D eigenvalue weighted by atomic mass is 32.2. The first-order chi connectivity index (χ1) is 10.1. The van der Waals surface area contributed by atoms with E-state index in [2.05, 4.69) is 4.72 Å². The summed E-state index contributed by atoms with van der Waals surface area (Å²) in [5.74, 6) is -2.38. The maximum absolute atomic E-state index is 13.5. The summed E-state index contributed by atoms with van der Waals surface area (Å²) in [7, 11) is -1.96. The molecule has 0 heterocycles. The van der Waals surface area contributed by atoms with Crippen molar-refractivity contribution in [2.24, 2.45) is 11.3 Å². The van der Waals surface area contributed by atoms with Crippen LogP contribution in [0.2, 0.25) is 0 Å². The standard InChI is InChI=1S/C15H28F3NO3S/c1-8-22-12(20)10(9-13(2,3)4)11(15(16,17)18)19-23(21)14(5,6)7/h10-11,19H,8-9H2,1-7H3/t10-,11-,23-/m0/s1. The van der Waals surface area contributed by atoms with Crippen molar-refractivity contribution in [2.75, 3.05) is 6.61 Å². The number of hydrogen-bond acceptors (Lipinski definition) is 3. The molecule has 0 unspecified atom stereocenters. The van der Waals surface area contributed by atoms with Crippen LogP contribution >= 0.6 is 0 Å². The van der Waals surface area contributed by atoms with Crippen molar-refractivity contribution in [3.63, 3.8) is 0 Å². The summed E-state index contributed by atoms with van der Waals surface area (Å²) in [5, 5.41) is 0. The fraction of sp³-hybridized carbons (Fsp3) is 0.933. The third kappa shape index (κ3) is 8.15. The van der Waals surface area contributed by atoms with Gasteiger partial charge in [-0.25, -0.2) is 8.93 Å². The van der Waals surface area contributed by atoms with Crippen LogP contribution in [0.15, 0.2) is 0 Å². The van der Waals surface area contributed by atoms with Crippen LogP contribution in [0, 0.1) is 11.3 Å². The number of carbonyl (C=O) groups is 1. The van der Waals surface area contributed by atoms with Gasteiger partial charge in [-0.05, 0) is 39.5 Å². The number of hydrogen-bond donors (Lipinski definition) is 1. The summed E-state index contributed by atoms with van der Waals surface area (Å²) in [6.45, 7) is 11.4. The molecule has 23 heavy (non-hydrogen) atoms. The highest BCUT2D eigenvalue weighted by molar-refractivity contribution is 7.84. The number of esters is 1. The molecular formula is C15H28F3NO3S. The molecule has 0 aliphatic carbocycles. The Bertz CT molecular complexity index is 425. The second kappa shape index (κ2) is 7.96. The first-order valence-corrected chi connectivity index (χ1v) is 8.66. The molecule has 0 spiro atoms. The van der Waals surface area contributed by atoms with Gasteiger partial charge in [0.25, 0.3) is 0 Å². The first-order valence-electron chi connectivity index (χ1n) is 7.51. The van der Waals surface area contributed by atoms with Crippen molar-refractivity contribution in [1.82, 2.24) is 4.72 Å². The Morgan fingerprint density at radius 1 is 1.13 bits per heavy atom. The van der Waals surface area contributed by atoms with Crippen molar-refractivity contribution in [2.45, 2.75) is 71.9 Å². The summed E-state index contributed by atoms with van der Waals surface area (Å²) in [4.78, 5) is 12.1. The van der Waals surface area contributed by atoms with Crippen molar-refractivity contribution in [3.8, 4) is 0 Å². The van der Waals surface area contributed by atoms with E-state index in [1.807, 2.05) is 0 Å². The number of alkyl halides is 3. The van der Waals surface area contributed by atoms with E-state index in [9.17, 15) is 22.2 Å². The molecule has 4 nitrogen and oxygen atoms in total. The van der Waals surface area contributed by atoms with E-state index in [1.54, 1.807) is 41.5 Å². The van der Waals surface area contributed by atoms with E-state index >= 15 is 0 Å². The largest absolute Gasteiger partial charge is 0.466 e. The molecule has 0 aromatic carbocycles. The lowest BCUT2D eigenvalue weighted by molar-refractivity contribution is -0.180. The number of carbonyl (C=O) groups excluding carboxylic acids is 1. The zero-order chi connectivity index (χ0) is 18.6. The topological polar surface area (TPSA) is 55.4 Å². The van der Waals surface area contributed by atoms with E-state index in [-0.39, 0.29) is 13.0 Å². The molecule has 0 radical (unpaired) electrons. The van der Waals surface area contributed by atoms with Gasteiger partial charge >= 0.3 is 12.1 Å². The molecule has 3 atom stereocenters. The van der Waals surface area contributed by atoms with Crippen LogP contribution in [-0.2, 0) is 20.5 Å². The zero-order valence-corrected chi connectivity index (χ0v) is 15.7. The van der Waals surface area contributed by atoms with E-state index in [0.717, 1.165) is 0 Å². The first kappa shape index (κ1) is 22.4. The highest BCUT2D eigenvalue weighted by Crippen LogP contribution is 2.35. The Labute approximate surface area is 139 Å². The Hall–Kier alpha value is -0.630. The second-order valence-electron chi connectivity index (χ2n) is 7.64. The Kier molecular flexibility index (Phi) is 7.74. The minimum Gasteiger partial charge on any atom is -0.466 e. The molecule has 0 amide bonds. The number of halogens is 3. The summed E-state index contributed by atoms with van der Waals surface area (Å²) in [6.07, 6.45) is -4.76. The Balaban J connectivity index is 5.65. The van der Waals surface area contributed by atoms with Crippen molar-refractivity contribution in [1.29, 1.82) is 0 Å². The predicted molar refractivity (Wildman–Crippen MR) is 85.1 cm³/mol. The SMILES string of the molecule is CCOC(=O)[C@@H](CC(C)(C)C)[C@H](N[S@@](=O)C(C)(C)C)C(F)(F)F. The molecule has 0 aromatic heterocycles. The average molecular weight is 359 g/mol. The highest BCUT2D eigenvalue weighted by Gasteiger charge is 2.50. The summed E-state index contributed by atoms with van der Waals surface area (Å²) >= 11 is 0. The van der Waals surface area contributed by atoms with Gasteiger partial charge in [-0.1, -0.05) is 20.8 Å². The van der Waals surface area contributed by atoms with Gasteiger partial charge in [0.2, 0.25) is 0 Å². The van der Waals surface area contributed by atoms with Gasteiger partial charge in [0.05, 0.1) is 28.3 Å². The Morgan fingerprint density at radius 3 is 1.91 bits per heavy atom. The fourth-order valence-electron chi connectivity index (χ4n) is 1.92. The minimum absolute atomic E-state index is 0.00753. The van der Waals surface area contributed by atoms with Gasteiger partial charge in [0.15, 0.2) is 0 Å². The summed E-state index contributed by atoms with van der Waals surface area (Å²) in [5.41, 5.74) is -0.522. The number of nitrogens with one attached hydrogen (secondary N) is 1. The molecule has 0 fully saturated rings. The fourth-order valence-corrected chi connectivity index (χ4v) is 2.80. The second-order valence-corrected chi connectivity index (χ2v) is 9.64. The lowest BCUT2D eigenvalue weighted by Crippen LogP contribution is -2.54. The zero-order valence-electron chi connectivity index (χ0n) is 14.8. The van der Waals surface area contributed by atoms with Crippen LogP contribution in [-0.4, -0.2) is 33.8 Å². The molecule has 0 saturated carbocycles. The van der Waals surface area contributed by atoms with E-state index in [4.69, 9.17) is 4.74 Å². The Morgan fingerprint density at radius 2 is 1.61 bits per heavy atom. The van der Waals surface area contributed by atoms with Gasteiger partial charge < -0.3 is 4.74 Å². The molecular weight excluding hydrogens is 331 g/mol. The lowest BCUT2D eigenvalue weighted by Gasteiger charge is -2.33. The van der Waals surface area contributed by atoms with Crippen molar-refractivity contribution >= 4 is 17.0 Å². The van der Waals surface area contributed by atoms with Gasteiger partial charge in [0, 0.05) is 0 Å². The third-order valence-electron chi connectivity index (χ3n) is 2.97. The van der Waals surface area contributed by atoms with Crippen LogP contribution in [0.25, 0.3) is 0 Å². The van der Waals surface area contributed by atoms with Gasteiger partial charge in [-0.3, -0.25) is 4.79 Å². The van der Waals surface area contributed by atoms with E-state index < -0.39 is 45.3 Å². The maximum atomic E-state index is 13.5. The van der Waals surface area contributed by atoms with Gasteiger partial charge in [-0.2, -0.15) is 13.2 Å². The molecule has 138 valence electrons. The minimum atomic E-state index is -4.72. The molecule has 8 heteroatoms. The predicted octanol–water partition coefficient (Wildman–Crippen LogP) is 3.58. The van der Waals surface area contributed by atoms with E-state index in [1.165, 1.54) is 6.92 Å². The van der Waals surface area contributed by atoms with Crippen LogP contribution in [0.5, 0.6) is 0 Å². The smallest absolute Gasteiger partial charge is 0.405 e. The number of rotatable bonds is 6. The number of ether oxygens (including phenoxy) is 1. The van der Waals surface area contributed by atoms with E-state index in [0.29, 0.717) is 0 Å². The van der Waals surface area contributed by atoms with Crippen molar-refractivity contribution < 1.29 is 26.9 Å². The molecule has 0 saturated heterocycles. The monoisotopic (exact) mass is 359 g/mol. The molecule has 0 rings (SSSR count). The van der Waals surface area contributed by atoms with Crippen LogP contribution in [0.1, 0.15) is 54.9 Å².